The van der Waals surface area contributed by atoms with Crippen LogP contribution in [0, 0.1) is 0 Å². The molecule has 6 nitrogen and oxygen atoms in total. The summed E-state index contributed by atoms with van der Waals surface area (Å²) in [5.74, 6) is -0.432. The highest BCUT2D eigenvalue weighted by Crippen LogP contribution is 2.36. The molecule has 0 rings (SSSR count). The second-order valence-corrected chi connectivity index (χ2v) is 13.0. The zero-order valence-corrected chi connectivity index (χ0v) is 17.6. The largest absolute Gasteiger partial charge is 0.466 e. The molecule has 0 aromatic carbocycles. The van der Waals surface area contributed by atoms with Crippen molar-refractivity contribution in [2.75, 3.05) is 13.2 Å². The molecule has 0 unspecified atom stereocenters. The van der Waals surface area contributed by atoms with E-state index in [0.717, 1.165) is 0 Å². The third-order valence-corrected chi connectivity index (χ3v) is 8.18. The third-order valence-electron chi connectivity index (χ3n) is 3.70. The highest BCUT2D eigenvalue weighted by Gasteiger charge is 2.37. The van der Waals surface area contributed by atoms with Crippen LogP contribution in [0.15, 0.2) is 4.99 Å². The Kier molecular flexibility index (Phi) is 8.31. The van der Waals surface area contributed by atoms with Gasteiger partial charge in [0.15, 0.2) is 8.32 Å². The van der Waals surface area contributed by atoms with E-state index in [0.29, 0.717) is 5.71 Å². The van der Waals surface area contributed by atoms with Gasteiger partial charge in [0, 0.05) is 0 Å². The summed E-state index contributed by atoms with van der Waals surface area (Å²) in [6.07, 6.45) is -0.803. The Balaban J connectivity index is 5.13. The normalized spacial score (nSPS) is 13.6. The number of ether oxygens (including phenoxy) is 2. The molecule has 0 bridgehead atoms. The van der Waals surface area contributed by atoms with Gasteiger partial charge in [-0.05, 0) is 45.8 Å². The number of hydrogen-bond donors (Lipinski definition) is 0. The quantitative estimate of drug-likeness (QED) is 0.401. The molecule has 0 fully saturated rings. The lowest BCUT2D eigenvalue weighted by molar-refractivity contribution is -0.141. The number of rotatable bonds is 6. The average molecular weight is 360 g/mol. The first-order valence-electron chi connectivity index (χ1n) is 8.27. The van der Waals surface area contributed by atoms with Gasteiger partial charge in [0.25, 0.3) is 0 Å². The van der Waals surface area contributed by atoms with Gasteiger partial charge < -0.3 is 13.9 Å². The van der Waals surface area contributed by atoms with Gasteiger partial charge in [0.05, 0.1) is 25.3 Å². The zero-order chi connectivity index (χ0) is 19.2. The maximum atomic E-state index is 11.9. The van der Waals surface area contributed by atoms with E-state index in [1.165, 1.54) is 0 Å². The van der Waals surface area contributed by atoms with Gasteiger partial charge in [-0.3, -0.25) is 4.79 Å². The first-order chi connectivity index (χ1) is 10.7. The van der Waals surface area contributed by atoms with E-state index >= 15 is 0 Å². The van der Waals surface area contributed by atoms with Crippen molar-refractivity contribution in [3.63, 3.8) is 0 Å². The summed E-state index contributed by atoms with van der Waals surface area (Å²) in [4.78, 5) is 27.6. The van der Waals surface area contributed by atoms with Crippen LogP contribution >= 0.6 is 0 Å². The highest BCUT2D eigenvalue weighted by atomic mass is 28.4. The van der Waals surface area contributed by atoms with Gasteiger partial charge in [-0.15, -0.1) is 0 Å². The Morgan fingerprint density at radius 1 is 1.04 bits per heavy atom. The summed E-state index contributed by atoms with van der Waals surface area (Å²) in [6, 6.07) is 0. The summed E-state index contributed by atoms with van der Waals surface area (Å²) < 4.78 is 16.2. The van der Waals surface area contributed by atoms with E-state index in [9.17, 15) is 9.59 Å². The summed E-state index contributed by atoms with van der Waals surface area (Å²) in [5, 5.41) is 0.0218. The Bertz CT molecular complexity index is 472. The number of aliphatic imine (C=N–C) groups is 1. The molecule has 7 heteroatoms. The summed E-state index contributed by atoms with van der Waals surface area (Å²) in [6.45, 7) is 18.0. The standard InChI is InChI=1S/C17H33NO5Si/c1-10-21-14(19)11-13(18-15(20)23-16(2,3)4)12-22-24(8,9)17(5,6)7/h10-12H2,1-9H3. The summed E-state index contributed by atoms with van der Waals surface area (Å²) in [7, 11) is -2.02. The second-order valence-electron chi connectivity index (χ2n) is 8.19. The number of esters is 1. The Labute approximate surface area is 147 Å². The number of nitrogens with zero attached hydrogens (tertiary/aromatic N) is 1. The van der Waals surface area contributed by atoms with Crippen molar-refractivity contribution in [1.82, 2.24) is 0 Å². The van der Waals surface area contributed by atoms with Crippen LogP contribution in [0.5, 0.6) is 0 Å². The van der Waals surface area contributed by atoms with Crippen LogP contribution in [0.4, 0.5) is 4.79 Å². The number of carbonyl (C=O) groups excluding carboxylic acids is 2. The average Bonchev–Trinajstić information content (AvgIpc) is 2.32. The molecule has 0 saturated carbocycles. The van der Waals surface area contributed by atoms with E-state index in [1.54, 1.807) is 27.7 Å². The van der Waals surface area contributed by atoms with E-state index in [-0.39, 0.29) is 24.7 Å². The Morgan fingerprint density at radius 2 is 1.58 bits per heavy atom. The minimum atomic E-state index is -2.02. The maximum absolute atomic E-state index is 11.9. The molecule has 0 heterocycles. The molecule has 0 aromatic heterocycles. The van der Waals surface area contributed by atoms with Crippen molar-refractivity contribution >= 4 is 26.1 Å². The Morgan fingerprint density at radius 3 is 2.00 bits per heavy atom. The van der Waals surface area contributed by atoms with E-state index in [1.807, 2.05) is 0 Å². The van der Waals surface area contributed by atoms with Crippen molar-refractivity contribution in [3.8, 4) is 0 Å². The molecule has 24 heavy (non-hydrogen) atoms. The molecule has 0 saturated heterocycles. The highest BCUT2D eigenvalue weighted by molar-refractivity contribution is 6.74. The van der Waals surface area contributed by atoms with E-state index in [4.69, 9.17) is 13.9 Å². The van der Waals surface area contributed by atoms with Gasteiger partial charge in [-0.25, -0.2) is 4.79 Å². The molecule has 0 atom stereocenters. The van der Waals surface area contributed by atoms with Crippen molar-refractivity contribution < 1.29 is 23.5 Å². The lowest BCUT2D eigenvalue weighted by Gasteiger charge is -2.36. The van der Waals surface area contributed by atoms with Crippen molar-refractivity contribution in [2.45, 2.75) is 78.6 Å². The second kappa shape index (κ2) is 8.76. The van der Waals surface area contributed by atoms with Gasteiger partial charge in [0.2, 0.25) is 0 Å². The van der Waals surface area contributed by atoms with Gasteiger partial charge in [-0.2, -0.15) is 4.99 Å². The number of carbonyl (C=O) groups is 2. The van der Waals surface area contributed by atoms with Crippen LogP contribution in [0.2, 0.25) is 18.1 Å². The van der Waals surface area contributed by atoms with Crippen LogP contribution in [-0.4, -0.2) is 44.9 Å². The fourth-order valence-electron chi connectivity index (χ4n) is 1.40. The van der Waals surface area contributed by atoms with Crippen LogP contribution in [0.25, 0.3) is 0 Å². The molecule has 0 radical (unpaired) electrons. The van der Waals surface area contributed by atoms with Crippen molar-refractivity contribution in [3.05, 3.63) is 0 Å². The van der Waals surface area contributed by atoms with Gasteiger partial charge in [0.1, 0.15) is 5.60 Å². The summed E-state index contributed by atoms with van der Waals surface area (Å²) in [5.41, 5.74) is -0.317. The van der Waals surface area contributed by atoms with Crippen LogP contribution in [0.1, 0.15) is 54.9 Å². The van der Waals surface area contributed by atoms with Crippen molar-refractivity contribution in [2.24, 2.45) is 4.99 Å². The fraction of sp³-hybridized carbons (Fsp3) is 0.824. The molecular weight excluding hydrogens is 326 g/mol. The smallest absolute Gasteiger partial charge is 0.434 e. The van der Waals surface area contributed by atoms with Crippen LogP contribution < -0.4 is 0 Å². The van der Waals surface area contributed by atoms with Crippen LogP contribution in [-0.2, 0) is 18.7 Å². The minimum Gasteiger partial charge on any atom is -0.466 e. The molecule has 0 aromatic rings. The maximum Gasteiger partial charge on any atom is 0.434 e. The lowest BCUT2D eigenvalue weighted by Crippen LogP contribution is -2.42. The molecule has 0 spiro atoms. The molecular formula is C17H33NO5Si. The summed E-state index contributed by atoms with van der Waals surface area (Å²) >= 11 is 0. The fourth-order valence-corrected chi connectivity index (χ4v) is 2.36. The Hall–Kier alpha value is -1.21. The van der Waals surface area contributed by atoms with Gasteiger partial charge >= 0.3 is 12.1 Å². The number of hydrogen-bond acceptors (Lipinski definition) is 5. The third kappa shape index (κ3) is 9.17. The zero-order valence-electron chi connectivity index (χ0n) is 16.6. The molecule has 140 valence electrons. The predicted octanol–water partition coefficient (Wildman–Crippen LogP) is 4.34. The SMILES string of the molecule is CCOC(=O)CC(CO[Si](C)(C)C(C)(C)C)=NC(=O)OC(C)(C)C. The first kappa shape index (κ1) is 22.8. The topological polar surface area (TPSA) is 74.2 Å². The van der Waals surface area contributed by atoms with Crippen molar-refractivity contribution in [1.29, 1.82) is 0 Å². The van der Waals surface area contributed by atoms with Gasteiger partial charge in [-0.1, -0.05) is 20.8 Å². The monoisotopic (exact) mass is 359 g/mol. The minimum absolute atomic E-state index is 0.0218. The van der Waals surface area contributed by atoms with Crippen LogP contribution in [0.3, 0.4) is 0 Å². The molecule has 0 aliphatic rings. The molecule has 0 N–H and O–H groups in total. The molecule has 0 aliphatic heterocycles. The first-order valence-corrected chi connectivity index (χ1v) is 11.2. The predicted molar refractivity (Wildman–Crippen MR) is 98.1 cm³/mol. The number of amides is 1. The molecule has 0 aliphatic carbocycles. The van der Waals surface area contributed by atoms with E-state index in [2.05, 4.69) is 38.9 Å². The lowest BCUT2D eigenvalue weighted by atomic mass is 10.2. The van der Waals surface area contributed by atoms with E-state index < -0.39 is 26.0 Å². The molecule has 1 amide bonds.